The number of nitrogens with one attached hydrogen (secondary N) is 2. The van der Waals surface area contributed by atoms with Crippen LogP contribution in [0.4, 0.5) is 4.39 Å². The molecule has 1 saturated carbocycles. The lowest BCUT2D eigenvalue weighted by molar-refractivity contribution is -0.123. The van der Waals surface area contributed by atoms with E-state index in [1.807, 2.05) is 12.1 Å². The van der Waals surface area contributed by atoms with Crippen molar-refractivity contribution in [2.45, 2.75) is 38.1 Å². The Morgan fingerprint density at radius 1 is 1.33 bits per heavy atom. The van der Waals surface area contributed by atoms with Gasteiger partial charge in [0.15, 0.2) is 0 Å². The van der Waals surface area contributed by atoms with Crippen LogP contribution in [0.5, 0.6) is 0 Å². The van der Waals surface area contributed by atoms with E-state index < -0.39 is 0 Å². The molecule has 1 aromatic rings. The summed E-state index contributed by atoms with van der Waals surface area (Å²) in [5.41, 5.74) is 1.35. The molecule has 1 amide bonds. The molecule has 1 aliphatic heterocycles. The van der Waals surface area contributed by atoms with Gasteiger partial charge in [-0.25, -0.2) is 4.39 Å². The number of carbonyl (C=O) groups is 1. The molecule has 5 heteroatoms. The molecular weight excluding hydrogens is 291 g/mol. The monoisotopic (exact) mass is 312 g/mol. The lowest BCUT2D eigenvalue weighted by Gasteiger charge is -2.18. The van der Waals surface area contributed by atoms with Crippen molar-refractivity contribution in [1.82, 2.24) is 10.6 Å². The van der Waals surface area contributed by atoms with E-state index in [9.17, 15) is 9.18 Å². The predicted molar refractivity (Wildman–Crippen MR) is 83.1 cm³/mol. The Hall–Kier alpha value is -1.13. The smallest absolute Gasteiger partial charge is 0.237 e. The highest BCUT2D eigenvalue weighted by Gasteiger charge is 2.42. The number of rotatable bonds is 5. The topological polar surface area (TPSA) is 41.1 Å². The molecule has 0 radical (unpaired) electrons. The number of hydrogen-bond acceptors (Lipinski definition) is 2. The summed E-state index contributed by atoms with van der Waals surface area (Å²) in [5.74, 6) is -0.0629. The molecule has 0 spiro atoms. The van der Waals surface area contributed by atoms with E-state index in [-0.39, 0.29) is 35.6 Å². The fourth-order valence-electron chi connectivity index (χ4n) is 2.93. The Balaban J connectivity index is 0.00000161. The van der Waals surface area contributed by atoms with Crippen molar-refractivity contribution >= 4 is 18.3 Å². The maximum Gasteiger partial charge on any atom is 0.237 e. The van der Waals surface area contributed by atoms with Crippen molar-refractivity contribution in [2.24, 2.45) is 5.41 Å². The minimum Gasteiger partial charge on any atom is -0.354 e. The van der Waals surface area contributed by atoms with Gasteiger partial charge in [-0.1, -0.05) is 12.1 Å². The molecule has 116 valence electrons. The highest BCUT2D eigenvalue weighted by atomic mass is 35.5. The summed E-state index contributed by atoms with van der Waals surface area (Å²) < 4.78 is 12.9. The molecule has 1 heterocycles. The van der Waals surface area contributed by atoms with Crippen LogP contribution in [0.1, 0.15) is 31.2 Å². The van der Waals surface area contributed by atoms with E-state index in [1.54, 1.807) is 0 Å². The first kappa shape index (κ1) is 16.2. The van der Waals surface area contributed by atoms with E-state index in [2.05, 4.69) is 10.6 Å². The molecule has 21 heavy (non-hydrogen) atoms. The summed E-state index contributed by atoms with van der Waals surface area (Å²) in [5, 5.41) is 6.30. The summed E-state index contributed by atoms with van der Waals surface area (Å²) in [4.78, 5) is 12.0. The van der Waals surface area contributed by atoms with Gasteiger partial charge >= 0.3 is 0 Å². The SMILES string of the molecule is Cl.O=C(NCC1(Cc2ccc(F)cc2)CC1)C1CCCN1. The number of halogens is 2. The highest BCUT2D eigenvalue weighted by Crippen LogP contribution is 2.47. The number of amides is 1. The second-order valence-corrected chi connectivity index (χ2v) is 6.17. The first-order valence-corrected chi connectivity index (χ1v) is 7.42. The first-order valence-electron chi connectivity index (χ1n) is 7.42. The molecular formula is C16H22ClFN2O. The summed E-state index contributed by atoms with van der Waals surface area (Å²) in [7, 11) is 0. The highest BCUT2D eigenvalue weighted by molar-refractivity contribution is 5.85. The zero-order valence-electron chi connectivity index (χ0n) is 12.0. The zero-order chi connectivity index (χ0) is 14.0. The van der Waals surface area contributed by atoms with Crippen molar-refractivity contribution in [3.05, 3.63) is 35.6 Å². The van der Waals surface area contributed by atoms with Gasteiger partial charge in [-0.2, -0.15) is 0 Å². The summed E-state index contributed by atoms with van der Waals surface area (Å²) >= 11 is 0. The number of benzene rings is 1. The first-order chi connectivity index (χ1) is 9.67. The average molecular weight is 313 g/mol. The van der Waals surface area contributed by atoms with Crippen LogP contribution in [0, 0.1) is 11.2 Å². The molecule has 1 aliphatic carbocycles. The fourth-order valence-corrected chi connectivity index (χ4v) is 2.93. The van der Waals surface area contributed by atoms with Gasteiger partial charge in [-0.15, -0.1) is 12.4 Å². The van der Waals surface area contributed by atoms with E-state index >= 15 is 0 Å². The second kappa shape index (κ2) is 6.75. The minimum absolute atomic E-state index is 0. The maximum absolute atomic E-state index is 12.9. The normalized spacial score (nSPS) is 22.4. The molecule has 2 N–H and O–H groups in total. The van der Waals surface area contributed by atoms with E-state index in [0.717, 1.165) is 50.8 Å². The van der Waals surface area contributed by atoms with Crippen LogP contribution in [0.25, 0.3) is 0 Å². The maximum atomic E-state index is 12.9. The van der Waals surface area contributed by atoms with Gasteiger partial charge in [0.2, 0.25) is 5.91 Å². The van der Waals surface area contributed by atoms with E-state index in [4.69, 9.17) is 0 Å². The molecule has 1 unspecified atom stereocenters. The van der Waals surface area contributed by atoms with Crippen LogP contribution in [-0.4, -0.2) is 25.0 Å². The molecule has 2 aliphatic rings. The lowest BCUT2D eigenvalue weighted by atomic mass is 9.96. The summed E-state index contributed by atoms with van der Waals surface area (Å²) in [6.07, 6.45) is 5.23. The summed E-state index contributed by atoms with van der Waals surface area (Å²) in [6, 6.07) is 6.70. The van der Waals surface area contributed by atoms with Crippen molar-refractivity contribution in [3.8, 4) is 0 Å². The molecule has 1 aromatic carbocycles. The van der Waals surface area contributed by atoms with Crippen LogP contribution in [-0.2, 0) is 11.2 Å². The lowest BCUT2D eigenvalue weighted by Crippen LogP contribution is -2.42. The predicted octanol–water partition coefficient (Wildman–Crippen LogP) is 2.44. The van der Waals surface area contributed by atoms with Crippen LogP contribution in [0.15, 0.2) is 24.3 Å². The molecule has 1 atom stereocenters. The third kappa shape index (κ3) is 4.17. The molecule has 0 aromatic heterocycles. The largest absolute Gasteiger partial charge is 0.354 e. The van der Waals surface area contributed by atoms with Gasteiger partial charge in [-0.3, -0.25) is 4.79 Å². The minimum atomic E-state index is -0.195. The molecule has 2 fully saturated rings. The second-order valence-electron chi connectivity index (χ2n) is 6.17. The molecule has 0 bridgehead atoms. The number of carbonyl (C=O) groups excluding carboxylic acids is 1. The van der Waals surface area contributed by atoms with Crippen molar-refractivity contribution in [1.29, 1.82) is 0 Å². The van der Waals surface area contributed by atoms with Gasteiger partial charge in [0, 0.05) is 6.54 Å². The van der Waals surface area contributed by atoms with Gasteiger partial charge in [0.05, 0.1) is 6.04 Å². The Morgan fingerprint density at radius 3 is 2.62 bits per heavy atom. The van der Waals surface area contributed by atoms with E-state index in [1.165, 1.54) is 12.1 Å². The third-order valence-corrected chi connectivity index (χ3v) is 4.46. The third-order valence-electron chi connectivity index (χ3n) is 4.46. The fraction of sp³-hybridized carbons (Fsp3) is 0.562. The van der Waals surface area contributed by atoms with Gasteiger partial charge in [0.25, 0.3) is 0 Å². The standard InChI is InChI=1S/C16H21FN2O.ClH/c17-13-5-3-12(4-6-13)10-16(7-8-16)11-19-15(20)14-2-1-9-18-14;/h3-6,14,18H,1-2,7-11H2,(H,19,20);1H. The van der Waals surface area contributed by atoms with Gasteiger partial charge < -0.3 is 10.6 Å². The Morgan fingerprint density at radius 2 is 2.05 bits per heavy atom. The Labute approximate surface area is 131 Å². The van der Waals surface area contributed by atoms with Gasteiger partial charge in [0.1, 0.15) is 5.82 Å². The molecule has 3 rings (SSSR count). The zero-order valence-corrected chi connectivity index (χ0v) is 12.8. The average Bonchev–Trinajstić information content (AvgIpc) is 3.00. The van der Waals surface area contributed by atoms with Gasteiger partial charge in [-0.05, 0) is 61.8 Å². The number of hydrogen-bond donors (Lipinski definition) is 2. The quantitative estimate of drug-likeness (QED) is 0.877. The van der Waals surface area contributed by atoms with Crippen LogP contribution in [0.2, 0.25) is 0 Å². The van der Waals surface area contributed by atoms with Crippen LogP contribution >= 0.6 is 12.4 Å². The van der Waals surface area contributed by atoms with Crippen molar-refractivity contribution < 1.29 is 9.18 Å². The van der Waals surface area contributed by atoms with Crippen LogP contribution in [0.3, 0.4) is 0 Å². The van der Waals surface area contributed by atoms with Crippen LogP contribution < -0.4 is 10.6 Å². The van der Waals surface area contributed by atoms with Crippen molar-refractivity contribution in [2.75, 3.05) is 13.1 Å². The van der Waals surface area contributed by atoms with E-state index in [0.29, 0.717) is 0 Å². The Kier molecular flexibility index (Phi) is 5.22. The summed E-state index contributed by atoms with van der Waals surface area (Å²) in [6.45, 7) is 1.68. The van der Waals surface area contributed by atoms with Crippen molar-refractivity contribution in [3.63, 3.8) is 0 Å². The molecule has 1 saturated heterocycles. The Bertz CT molecular complexity index is 482. The molecule has 3 nitrogen and oxygen atoms in total.